The number of nitrogens with one attached hydrogen (secondary N) is 2. The van der Waals surface area contributed by atoms with Crippen LogP contribution in [0.1, 0.15) is 28.3 Å². The fraction of sp³-hybridized carbons (Fsp3) is 0.278. The van der Waals surface area contributed by atoms with Gasteiger partial charge in [-0.15, -0.1) is 0 Å². The van der Waals surface area contributed by atoms with Gasteiger partial charge in [-0.25, -0.2) is 13.2 Å². The van der Waals surface area contributed by atoms with Gasteiger partial charge in [0.05, 0.1) is 5.56 Å². The van der Waals surface area contributed by atoms with E-state index in [4.69, 9.17) is 11.6 Å². The van der Waals surface area contributed by atoms with Gasteiger partial charge < -0.3 is 10.6 Å². The van der Waals surface area contributed by atoms with Crippen LogP contribution < -0.4 is 10.6 Å². The predicted molar refractivity (Wildman–Crippen MR) is 89.2 cm³/mol. The molecule has 3 nitrogen and oxygen atoms in total. The summed E-state index contributed by atoms with van der Waals surface area (Å²) in [5.41, 5.74) is 0.487. The van der Waals surface area contributed by atoms with E-state index in [0.29, 0.717) is 25.1 Å². The van der Waals surface area contributed by atoms with E-state index >= 15 is 0 Å². The summed E-state index contributed by atoms with van der Waals surface area (Å²) in [6.45, 7) is 1.13. The lowest BCUT2D eigenvalue weighted by atomic mass is 9.85. The molecule has 0 radical (unpaired) electrons. The van der Waals surface area contributed by atoms with Gasteiger partial charge in [-0.2, -0.15) is 0 Å². The van der Waals surface area contributed by atoms with Crippen LogP contribution in [0, 0.1) is 17.5 Å². The molecule has 0 aliphatic carbocycles. The zero-order valence-corrected chi connectivity index (χ0v) is 13.9. The quantitative estimate of drug-likeness (QED) is 0.868. The molecule has 1 fully saturated rings. The van der Waals surface area contributed by atoms with Crippen molar-refractivity contribution in [2.75, 3.05) is 13.1 Å². The summed E-state index contributed by atoms with van der Waals surface area (Å²) in [7, 11) is 0. The maximum atomic E-state index is 13.9. The zero-order chi connectivity index (χ0) is 18.0. The first-order valence-corrected chi connectivity index (χ1v) is 8.25. The van der Waals surface area contributed by atoms with Crippen LogP contribution in [0.2, 0.25) is 5.02 Å². The van der Waals surface area contributed by atoms with Crippen molar-refractivity contribution in [2.24, 2.45) is 0 Å². The number of carbonyl (C=O) groups excluding carboxylic acids is 1. The molecule has 2 N–H and O–H groups in total. The van der Waals surface area contributed by atoms with Crippen molar-refractivity contribution in [1.29, 1.82) is 0 Å². The lowest BCUT2D eigenvalue weighted by molar-refractivity contribution is 0.0920. The van der Waals surface area contributed by atoms with Crippen LogP contribution in [0.25, 0.3) is 0 Å². The van der Waals surface area contributed by atoms with E-state index in [2.05, 4.69) is 10.6 Å². The van der Waals surface area contributed by atoms with E-state index in [1.54, 1.807) is 0 Å². The summed E-state index contributed by atoms with van der Waals surface area (Å²) >= 11 is 5.70. The Bertz CT molecular complexity index is 800. The summed E-state index contributed by atoms with van der Waals surface area (Å²) in [6, 6.07) is 7.18. The SMILES string of the molecule is O=C(NC1CNCCC1c1ccc(F)c(F)c1)c1ccc(Cl)cc1F. The molecule has 0 saturated carbocycles. The van der Waals surface area contributed by atoms with Crippen molar-refractivity contribution in [3.8, 4) is 0 Å². The van der Waals surface area contributed by atoms with Crippen LogP contribution in [0.15, 0.2) is 36.4 Å². The lowest BCUT2D eigenvalue weighted by Gasteiger charge is -2.33. The molecule has 132 valence electrons. The smallest absolute Gasteiger partial charge is 0.254 e. The number of benzene rings is 2. The average Bonchev–Trinajstić information content (AvgIpc) is 2.58. The highest BCUT2D eigenvalue weighted by molar-refractivity contribution is 6.30. The predicted octanol–water partition coefficient (Wildman–Crippen LogP) is 3.63. The second-order valence-corrected chi connectivity index (χ2v) is 6.41. The van der Waals surface area contributed by atoms with E-state index in [9.17, 15) is 18.0 Å². The number of rotatable bonds is 3. The van der Waals surface area contributed by atoms with Crippen molar-refractivity contribution in [1.82, 2.24) is 10.6 Å². The minimum absolute atomic E-state index is 0.112. The largest absolute Gasteiger partial charge is 0.347 e. The van der Waals surface area contributed by atoms with Crippen molar-refractivity contribution in [3.05, 3.63) is 70.0 Å². The van der Waals surface area contributed by atoms with Crippen LogP contribution in [-0.2, 0) is 0 Å². The first kappa shape index (κ1) is 17.8. The van der Waals surface area contributed by atoms with E-state index in [0.717, 1.165) is 18.2 Å². The maximum Gasteiger partial charge on any atom is 0.254 e. The number of hydrogen-bond donors (Lipinski definition) is 2. The lowest BCUT2D eigenvalue weighted by Crippen LogP contribution is -2.50. The molecular weight excluding hydrogens is 353 g/mol. The molecule has 2 aromatic carbocycles. The Morgan fingerprint density at radius 1 is 1.08 bits per heavy atom. The Hall–Kier alpha value is -2.05. The van der Waals surface area contributed by atoms with E-state index in [-0.39, 0.29) is 22.5 Å². The molecule has 3 rings (SSSR count). The van der Waals surface area contributed by atoms with Crippen LogP contribution >= 0.6 is 11.6 Å². The van der Waals surface area contributed by atoms with E-state index in [1.807, 2.05) is 0 Å². The molecular formula is C18H16ClF3N2O. The molecule has 1 amide bonds. The molecule has 1 saturated heterocycles. The highest BCUT2D eigenvalue weighted by Gasteiger charge is 2.29. The third-order valence-electron chi connectivity index (χ3n) is 4.35. The Balaban J connectivity index is 1.81. The monoisotopic (exact) mass is 368 g/mol. The Morgan fingerprint density at radius 2 is 1.88 bits per heavy atom. The van der Waals surface area contributed by atoms with Crippen LogP contribution in [0.5, 0.6) is 0 Å². The Labute approximate surface area is 148 Å². The van der Waals surface area contributed by atoms with Gasteiger partial charge >= 0.3 is 0 Å². The van der Waals surface area contributed by atoms with Gasteiger partial charge in [0.25, 0.3) is 5.91 Å². The van der Waals surface area contributed by atoms with E-state index in [1.165, 1.54) is 18.2 Å². The molecule has 0 bridgehead atoms. The molecule has 2 atom stereocenters. The highest BCUT2D eigenvalue weighted by Crippen LogP contribution is 2.27. The zero-order valence-electron chi connectivity index (χ0n) is 13.2. The number of hydrogen-bond acceptors (Lipinski definition) is 2. The third-order valence-corrected chi connectivity index (χ3v) is 4.58. The van der Waals surface area contributed by atoms with Gasteiger partial charge in [0.2, 0.25) is 0 Å². The normalized spacial score (nSPS) is 20.3. The van der Waals surface area contributed by atoms with E-state index < -0.39 is 23.4 Å². The molecule has 2 aromatic rings. The first-order chi connectivity index (χ1) is 12.0. The highest BCUT2D eigenvalue weighted by atomic mass is 35.5. The van der Waals surface area contributed by atoms with Gasteiger partial charge in [-0.1, -0.05) is 17.7 Å². The van der Waals surface area contributed by atoms with Gasteiger partial charge in [0, 0.05) is 23.5 Å². The van der Waals surface area contributed by atoms with Gasteiger partial charge in [0.15, 0.2) is 11.6 Å². The second kappa shape index (κ2) is 7.45. The average molecular weight is 369 g/mol. The number of carbonyl (C=O) groups is 1. The fourth-order valence-corrected chi connectivity index (χ4v) is 3.23. The summed E-state index contributed by atoms with van der Waals surface area (Å²) < 4.78 is 40.6. The van der Waals surface area contributed by atoms with Gasteiger partial charge in [-0.05, 0) is 48.9 Å². The topological polar surface area (TPSA) is 41.1 Å². The molecule has 7 heteroatoms. The number of piperidine rings is 1. The summed E-state index contributed by atoms with van der Waals surface area (Å²) in [4.78, 5) is 12.4. The number of halogens is 4. The Kier molecular flexibility index (Phi) is 5.30. The molecule has 1 heterocycles. The Morgan fingerprint density at radius 3 is 2.60 bits per heavy atom. The fourth-order valence-electron chi connectivity index (χ4n) is 3.07. The standard InChI is InChI=1S/C18H16ClF3N2O/c19-11-2-3-13(15(21)8-11)18(25)24-17-9-23-6-5-12(17)10-1-4-14(20)16(22)7-10/h1-4,7-8,12,17,23H,5-6,9H2,(H,24,25). The summed E-state index contributed by atoms with van der Waals surface area (Å²) in [5.74, 6) is -3.32. The van der Waals surface area contributed by atoms with Gasteiger partial charge in [0.1, 0.15) is 5.82 Å². The van der Waals surface area contributed by atoms with Crippen molar-refractivity contribution < 1.29 is 18.0 Å². The minimum atomic E-state index is -0.926. The van der Waals surface area contributed by atoms with Crippen LogP contribution in [-0.4, -0.2) is 25.0 Å². The van der Waals surface area contributed by atoms with Crippen molar-refractivity contribution in [2.45, 2.75) is 18.4 Å². The molecule has 1 aliphatic heterocycles. The maximum absolute atomic E-state index is 13.9. The van der Waals surface area contributed by atoms with Crippen molar-refractivity contribution in [3.63, 3.8) is 0 Å². The summed E-state index contributed by atoms with van der Waals surface area (Å²) in [6.07, 6.45) is 0.638. The molecule has 1 aliphatic rings. The number of amides is 1. The molecule has 0 aromatic heterocycles. The minimum Gasteiger partial charge on any atom is -0.347 e. The first-order valence-electron chi connectivity index (χ1n) is 7.87. The molecule has 2 unspecified atom stereocenters. The second-order valence-electron chi connectivity index (χ2n) is 5.98. The molecule has 0 spiro atoms. The van der Waals surface area contributed by atoms with Gasteiger partial charge in [-0.3, -0.25) is 4.79 Å². The third kappa shape index (κ3) is 3.96. The molecule has 25 heavy (non-hydrogen) atoms. The summed E-state index contributed by atoms with van der Waals surface area (Å²) in [5, 5.41) is 6.12. The van der Waals surface area contributed by atoms with Crippen LogP contribution in [0.3, 0.4) is 0 Å². The van der Waals surface area contributed by atoms with Crippen molar-refractivity contribution >= 4 is 17.5 Å². The van der Waals surface area contributed by atoms with Crippen LogP contribution in [0.4, 0.5) is 13.2 Å².